The van der Waals surface area contributed by atoms with E-state index in [0.717, 1.165) is 37.7 Å². The number of rotatable bonds is 9. The molecule has 3 fully saturated rings. The van der Waals surface area contributed by atoms with Gasteiger partial charge in [0.05, 0.1) is 19.3 Å². The molecule has 2 aliphatic carbocycles. The largest absolute Gasteiger partial charge is 0.416 e. The number of benzene rings is 1. The van der Waals surface area contributed by atoms with Gasteiger partial charge in [0.25, 0.3) is 0 Å². The van der Waals surface area contributed by atoms with Crippen LogP contribution in [0.2, 0.25) is 0 Å². The van der Waals surface area contributed by atoms with Gasteiger partial charge >= 0.3 is 12.1 Å². The van der Waals surface area contributed by atoms with Gasteiger partial charge < -0.3 is 24.6 Å². The third-order valence-electron chi connectivity index (χ3n) is 7.09. The monoisotopic (exact) mass is 474 g/mol. The van der Waals surface area contributed by atoms with Crippen molar-refractivity contribution in [1.29, 1.82) is 0 Å². The topological polar surface area (TPSA) is 97.3 Å². The van der Waals surface area contributed by atoms with Gasteiger partial charge in [-0.1, -0.05) is 62.4 Å². The van der Waals surface area contributed by atoms with Crippen LogP contribution in [0.5, 0.6) is 0 Å². The second-order valence-electron chi connectivity index (χ2n) is 10.4. The molecule has 4 rings (SSSR count). The molecule has 0 bridgehead atoms. The minimum Gasteiger partial charge on any atom is -0.390 e. The average Bonchev–Trinajstić information content (AvgIpc) is 3.62. The van der Waals surface area contributed by atoms with Crippen LogP contribution in [0.1, 0.15) is 70.8 Å². The Hall–Kier alpha value is -2.16. The number of aliphatic hydroxyl groups is 1. The molecule has 1 aromatic carbocycles. The third-order valence-corrected chi connectivity index (χ3v) is 7.09. The number of hydrogen-bond acceptors (Lipinski definition) is 6. The molecule has 3 aliphatic rings. The molecule has 1 saturated heterocycles. The van der Waals surface area contributed by atoms with Gasteiger partial charge in [-0.2, -0.15) is 0 Å². The van der Waals surface area contributed by atoms with Crippen molar-refractivity contribution in [2.45, 2.75) is 89.6 Å². The molecule has 8 nitrogen and oxygen atoms in total. The fraction of sp³-hybridized carbons (Fsp3) is 0.692. The summed E-state index contributed by atoms with van der Waals surface area (Å²) in [6.45, 7) is 3.76. The summed E-state index contributed by atoms with van der Waals surface area (Å²) < 4.78 is 17.2. The van der Waals surface area contributed by atoms with Crippen molar-refractivity contribution in [2.24, 2.45) is 11.8 Å². The summed E-state index contributed by atoms with van der Waals surface area (Å²) in [5.74, 6) is -1.96. The Labute approximate surface area is 201 Å². The standard InChI is InChI=1S/C26H38N2O6/c1-25(2)28(22(17-32-25)15-19-9-5-3-6-10-19)24(30)34-26(31,18-27-23(29)21-13-14-21)33-16-20-11-7-4-8-12-20/h4,7-8,11-12,19,21-22,31H,3,5-6,9-10,13-18H2,1-2H3,(H,27,29). The third kappa shape index (κ3) is 6.49. The van der Waals surface area contributed by atoms with Gasteiger partial charge in [-0.15, -0.1) is 0 Å². The number of carbonyl (C=O) groups is 2. The highest BCUT2D eigenvalue weighted by atomic mass is 16.8. The van der Waals surface area contributed by atoms with Gasteiger partial charge in [0.15, 0.2) is 0 Å². The average molecular weight is 475 g/mol. The first-order valence-electron chi connectivity index (χ1n) is 12.6. The number of carbonyl (C=O) groups excluding carboxylic acids is 2. The SMILES string of the molecule is CC1(C)OCC(CC2CCCCC2)N1C(=O)OC(O)(CNC(=O)C1CC1)OCc1ccccc1. The van der Waals surface area contributed by atoms with Crippen molar-refractivity contribution in [1.82, 2.24) is 10.2 Å². The molecule has 0 spiro atoms. The van der Waals surface area contributed by atoms with Gasteiger partial charge in [0.2, 0.25) is 5.91 Å². The molecule has 2 unspecified atom stereocenters. The minimum atomic E-state index is -2.30. The molecule has 2 saturated carbocycles. The maximum Gasteiger partial charge on any atom is 0.416 e. The molecule has 2 amide bonds. The van der Waals surface area contributed by atoms with Crippen molar-refractivity contribution >= 4 is 12.0 Å². The molecule has 2 N–H and O–H groups in total. The Balaban J connectivity index is 1.44. The first-order valence-corrected chi connectivity index (χ1v) is 12.6. The lowest BCUT2D eigenvalue weighted by molar-refractivity contribution is -0.337. The fourth-order valence-corrected chi connectivity index (χ4v) is 5.00. The van der Waals surface area contributed by atoms with E-state index >= 15 is 0 Å². The van der Waals surface area contributed by atoms with Crippen LogP contribution in [0.25, 0.3) is 0 Å². The van der Waals surface area contributed by atoms with E-state index in [4.69, 9.17) is 14.2 Å². The smallest absolute Gasteiger partial charge is 0.390 e. The van der Waals surface area contributed by atoms with Crippen LogP contribution in [0.15, 0.2) is 30.3 Å². The Morgan fingerprint density at radius 2 is 1.85 bits per heavy atom. The lowest BCUT2D eigenvalue weighted by Gasteiger charge is -2.37. The van der Waals surface area contributed by atoms with E-state index < -0.39 is 17.8 Å². The van der Waals surface area contributed by atoms with E-state index in [1.165, 1.54) is 19.3 Å². The first-order chi connectivity index (χ1) is 16.3. The van der Waals surface area contributed by atoms with Crippen LogP contribution < -0.4 is 5.32 Å². The molecule has 1 aromatic rings. The number of ether oxygens (including phenoxy) is 3. The first kappa shape index (κ1) is 24.9. The van der Waals surface area contributed by atoms with Gasteiger partial charge in [-0.25, -0.2) is 4.79 Å². The Bertz CT molecular complexity index is 837. The van der Waals surface area contributed by atoms with Gasteiger partial charge in [0.1, 0.15) is 12.3 Å². The highest BCUT2D eigenvalue weighted by Gasteiger charge is 2.48. The molecule has 2 atom stereocenters. The summed E-state index contributed by atoms with van der Waals surface area (Å²) >= 11 is 0. The van der Waals surface area contributed by atoms with E-state index in [2.05, 4.69) is 5.32 Å². The van der Waals surface area contributed by atoms with E-state index in [1.807, 2.05) is 44.2 Å². The molecular formula is C26H38N2O6. The van der Waals surface area contributed by atoms with Gasteiger partial charge in [-0.3, -0.25) is 9.69 Å². The van der Waals surface area contributed by atoms with E-state index in [9.17, 15) is 14.7 Å². The van der Waals surface area contributed by atoms with Crippen LogP contribution in [0.4, 0.5) is 4.79 Å². The molecule has 1 aliphatic heterocycles. The normalized spacial score (nSPS) is 24.4. The quantitative estimate of drug-likeness (QED) is 0.527. The second kappa shape index (κ2) is 10.6. The van der Waals surface area contributed by atoms with Gasteiger partial charge in [-0.05, 0) is 44.6 Å². The zero-order valence-electron chi connectivity index (χ0n) is 20.3. The molecule has 188 valence electrons. The van der Waals surface area contributed by atoms with Crippen LogP contribution in [0.3, 0.4) is 0 Å². The summed E-state index contributed by atoms with van der Waals surface area (Å²) in [7, 11) is 0. The Morgan fingerprint density at radius 1 is 1.15 bits per heavy atom. The lowest BCUT2D eigenvalue weighted by atomic mass is 9.84. The van der Waals surface area contributed by atoms with E-state index in [1.54, 1.807) is 4.90 Å². The fourth-order valence-electron chi connectivity index (χ4n) is 5.00. The van der Waals surface area contributed by atoms with Crippen LogP contribution in [-0.4, -0.2) is 52.9 Å². The van der Waals surface area contributed by atoms with Gasteiger partial charge in [0, 0.05) is 5.92 Å². The summed E-state index contributed by atoms with van der Waals surface area (Å²) in [5.41, 5.74) is -0.0564. The molecule has 0 aromatic heterocycles. The van der Waals surface area contributed by atoms with Crippen LogP contribution in [-0.2, 0) is 25.6 Å². The van der Waals surface area contributed by atoms with Crippen molar-refractivity contribution in [3.63, 3.8) is 0 Å². The number of amides is 2. The Kier molecular flexibility index (Phi) is 7.80. The minimum absolute atomic E-state index is 0.0231. The maximum absolute atomic E-state index is 13.4. The molecule has 1 heterocycles. The van der Waals surface area contributed by atoms with Crippen LogP contribution >= 0.6 is 0 Å². The van der Waals surface area contributed by atoms with E-state index in [0.29, 0.717) is 12.5 Å². The number of nitrogens with one attached hydrogen (secondary N) is 1. The summed E-state index contributed by atoms with van der Waals surface area (Å²) in [6.07, 6.45) is 7.84. The molecule has 0 radical (unpaired) electrons. The summed E-state index contributed by atoms with van der Waals surface area (Å²) in [6, 6.07) is 9.17. The summed E-state index contributed by atoms with van der Waals surface area (Å²) in [4.78, 5) is 27.2. The predicted octanol–water partition coefficient (Wildman–Crippen LogP) is 3.92. The predicted molar refractivity (Wildman–Crippen MR) is 125 cm³/mol. The second-order valence-corrected chi connectivity index (χ2v) is 10.4. The highest BCUT2D eigenvalue weighted by Crippen LogP contribution is 2.36. The highest BCUT2D eigenvalue weighted by molar-refractivity contribution is 5.80. The maximum atomic E-state index is 13.4. The van der Waals surface area contributed by atoms with Crippen LogP contribution in [0, 0.1) is 11.8 Å². The Morgan fingerprint density at radius 3 is 2.53 bits per heavy atom. The zero-order valence-corrected chi connectivity index (χ0v) is 20.3. The van der Waals surface area contributed by atoms with Crippen molar-refractivity contribution in [3.05, 3.63) is 35.9 Å². The molecular weight excluding hydrogens is 436 g/mol. The van der Waals surface area contributed by atoms with E-state index in [-0.39, 0.29) is 31.0 Å². The van der Waals surface area contributed by atoms with Crippen molar-refractivity contribution in [3.8, 4) is 0 Å². The zero-order chi connectivity index (χ0) is 24.2. The van der Waals surface area contributed by atoms with Crippen molar-refractivity contribution in [2.75, 3.05) is 13.2 Å². The van der Waals surface area contributed by atoms with Crippen molar-refractivity contribution < 1.29 is 28.9 Å². The number of hydrogen-bond donors (Lipinski definition) is 2. The number of nitrogens with zero attached hydrogens (tertiary/aromatic N) is 1. The molecule has 8 heteroatoms. The lowest BCUT2D eigenvalue weighted by Crippen LogP contribution is -2.55. The molecule has 34 heavy (non-hydrogen) atoms. The summed E-state index contributed by atoms with van der Waals surface area (Å²) in [5, 5.41) is 13.9.